The smallest absolute Gasteiger partial charge is 0.228 e. The van der Waals surface area contributed by atoms with Crippen molar-refractivity contribution in [2.45, 2.75) is 6.42 Å². The standard InChI is InChI=1S/C10H10BrClN2O/c11-8-1-2-13-9(4-8)14-6-7(5-12)3-10(14)15/h1-2,4,7H,3,5-6H2. The summed E-state index contributed by atoms with van der Waals surface area (Å²) in [5.41, 5.74) is 0. The van der Waals surface area contributed by atoms with Crippen molar-refractivity contribution < 1.29 is 4.79 Å². The fraction of sp³-hybridized carbons (Fsp3) is 0.400. The molecule has 0 spiro atoms. The largest absolute Gasteiger partial charge is 0.296 e. The van der Waals surface area contributed by atoms with Gasteiger partial charge in [0.1, 0.15) is 5.82 Å². The number of anilines is 1. The van der Waals surface area contributed by atoms with Gasteiger partial charge >= 0.3 is 0 Å². The molecule has 1 amide bonds. The highest BCUT2D eigenvalue weighted by Gasteiger charge is 2.30. The van der Waals surface area contributed by atoms with Crippen LogP contribution >= 0.6 is 27.5 Å². The second-order valence-electron chi connectivity index (χ2n) is 3.56. The fourth-order valence-electron chi connectivity index (χ4n) is 1.65. The zero-order valence-corrected chi connectivity index (χ0v) is 10.3. The van der Waals surface area contributed by atoms with E-state index in [0.29, 0.717) is 24.7 Å². The second-order valence-corrected chi connectivity index (χ2v) is 4.79. The third-order valence-corrected chi connectivity index (χ3v) is 3.34. The average Bonchev–Trinajstić information content (AvgIpc) is 2.60. The number of halogens is 2. The average molecular weight is 290 g/mol. The molecule has 1 unspecified atom stereocenters. The Bertz CT molecular complexity index is 385. The van der Waals surface area contributed by atoms with Gasteiger partial charge in [0.2, 0.25) is 5.91 Å². The van der Waals surface area contributed by atoms with E-state index in [0.717, 1.165) is 4.47 Å². The molecule has 80 valence electrons. The number of alkyl halides is 1. The van der Waals surface area contributed by atoms with Crippen molar-refractivity contribution >= 4 is 39.3 Å². The summed E-state index contributed by atoms with van der Waals surface area (Å²) < 4.78 is 0.926. The molecule has 5 heteroatoms. The van der Waals surface area contributed by atoms with E-state index in [1.54, 1.807) is 11.1 Å². The van der Waals surface area contributed by atoms with Gasteiger partial charge in [-0.1, -0.05) is 15.9 Å². The molecule has 1 aliphatic rings. The number of carbonyl (C=O) groups excluding carboxylic acids is 1. The molecule has 1 saturated heterocycles. The van der Waals surface area contributed by atoms with Crippen LogP contribution in [-0.4, -0.2) is 23.3 Å². The van der Waals surface area contributed by atoms with Gasteiger partial charge in [-0.25, -0.2) is 4.98 Å². The molecule has 1 aliphatic heterocycles. The lowest BCUT2D eigenvalue weighted by molar-refractivity contribution is -0.117. The summed E-state index contributed by atoms with van der Waals surface area (Å²) in [6.45, 7) is 0.672. The summed E-state index contributed by atoms with van der Waals surface area (Å²) in [7, 11) is 0. The predicted molar refractivity (Wildman–Crippen MR) is 63.1 cm³/mol. The first-order chi connectivity index (χ1) is 7.20. The van der Waals surface area contributed by atoms with E-state index in [-0.39, 0.29) is 11.8 Å². The van der Waals surface area contributed by atoms with E-state index >= 15 is 0 Å². The first-order valence-corrected chi connectivity index (χ1v) is 6.01. The highest BCUT2D eigenvalue weighted by Crippen LogP contribution is 2.25. The first-order valence-electron chi connectivity index (χ1n) is 4.68. The molecule has 2 heterocycles. The van der Waals surface area contributed by atoms with Gasteiger partial charge in [0.05, 0.1) is 0 Å². The van der Waals surface area contributed by atoms with Crippen LogP contribution in [0.4, 0.5) is 5.82 Å². The van der Waals surface area contributed by atoms with Gasteiger partial charge in [-0.3, -0.25) is 9.69 Å². The maximum absolute atomic E-state index is 11.7. The van der Waals surface area contributed by atoms with Gasteiger partial charge in [0.15, 0.2) is 0 Å². The number of carbonyl (C=O) groups is 1. The van der Waals surface area contributed by atoms with E-state index in [1.165, 1.54) is 0 Å². The molecular formula is C10H10BrClN2O. The van der Waals surface area contributed by atoms with Crippen LogP contribution in [0.25, 0.3) is 0 Å². The van der Waals surface area contributed by atoms with Gasteiger partial charge in [0.25, 0.3) is 0 Å². The molecule has 0 radical (unpaired) electrons. The van der Waals surface area contributed by atoms with Gasteiger partial charge in [-0.05, 0) is 18.1 Å². The topological polar surface area (TPSA) is 33.2 Å². The Morgan fingerprint density at radius 1 is 1.67 bits per heavy atom. The van der Waals surface area contributed by atoms with Crippen LogP contribution in [0.5, 0.6) is 0 Å². The summed E-state index contributed by atoms with van der Waals surface area (Å²) in [6.07, 6.45) is 2.21. The molecule has 0 bridgehead atoms. The molecule has 15 heavy (non-hydrogen) atoms. The van der Waals surface area contributed by atoms with Crippen molar-refractivity contribution in [2.75, 3.05) is 17.3 Å². The van der Waals surface area contributed by atoms with Gasteiger partial charge in [0, 0.05) is 29.5 Å². The summed E-state index contributed by atoms with van der Waals surface area (Å²) >= 11 is 9.11. The lowest BCUT2D eigenvalue weighted by Gasteiger charge is -2.14. The number of amides is 1. The Hall–Kier alpha value is -0.610. The Labute approximate surface area is 102 Å². The van der Waals surface area contributed by atoms with Crippen LogP contribution in [0.1, 0.15) is 6.42 Å². The molecular weight excluding hydrogens is 279 g/mol. The zero-order chi connectivity index (χ0) is 10.8. The minimum Gasteiger partial charge on any atom is -0.296 e. The third kappa shape index (κ3) is 2.32. The molecule has 1 aromatic heterocycles. The number of hydrogen-bond acceptors (Lipinski definition) is 2. The van der Waals surface area contributed by atoms with Crippen molar-refractivity contribution in [1.29, 1.82) is 0 Å². The Morgan fingerprint density at radius 2 is 2.47 bits per heavy atom. The lowest BCUT2D eigenvalue weighted by Crippen LogP contribution is -2.25. The van der Waals surface area contributed by atoms with E-state index in [9.17, 15) is 4.79 Å². The van der Waals surface area contributed by atoms with Gasteiger partial charge in [-0.2, -0.15) is 0 Å². The highest BCUT2D eigenvalue weighted by atomic mass is 79.9. The number of rotatable bonds is 2. The number of hydrogen-bond donors (Lipinski definition) is 0. The summed E-state index contributed by atoms with van der Waals surface area (Å²) in [4.78, 5) is 17.5. The van der Waals surface area contributed by atoms with E-state index < -0.39 is 0 Å². The van der Waals surface area contributed by atoms with Crippen LogP contribution in [-0.2, 0) is 4.79 Å². The summed E-state index contributed by atoms with van der Waals surface area (Å²) in [5.74, 6) is 1.57. The van der Waals surface area contributed by atoms with Crippen LogP contribution in [0.3, 0.4) is 0 Å². The van der Waals surface area contributed by atoms with Gasteiger partial charge < -0.3 is 0 Å². The fourth-order valence-corrected chi connectivity index (χ4v) is 2.18. The highest BCUT2D eigenvalue weighted by molar-refractivity contribution is 9.10. The van der Waals surface area contributed by atoms with Crippen LogP contribution in [0, 0.1) is 5.92 Å². The second kappa shape index (κ2) is 4.49. The maximum atomic E-state index is 11.7. The third-order valence-electron chi connectivity index (χ3n) is 2.41. The zero-order valence-electron chi connectivity index (χ0n) is 7.99. The first kappa shape index (κ1) is 10.9. The van der Waals surface area contributed by atoms with Crippen LogP contribution in [0.15, 0.2) is 22.8 Å². The van der Waals surface area contributed by atoms with Crippen molar-refractivity contribution in [3.8, 4) is 0 Å². The molecule has 3 nitrogen and oxygen atoms in total. The molecule has 1 fully saturated rings. The van der Waals surface area contributed by atoms with E-state index in [1.807, 2.05) is 12.1 Å². The number of aromatic nitrogens is 1. The van der Waals surface area contributed by atoms with Gasteiger partial charge in [-0.15, -0.1) is 11.6 Å². The Morgan fingerprint density at radius 3 is 3.07 bits per heavy atom. The summed E-state index contributed by atoms with van der Waals surface area (Å²) in [6, 6.07) is 3.68. The number of nitrogens with zero attached hydrogens (tertiary/aromatic N) is 2. The molecule has 1 aromatic rings. The molecule has 0 N–H and O–H groups in total. The summed E-state index contributed by atoms with van der Waals surface area (Å²) in [5, 5.41) is 0. The van der Waals surface area contributed by atoms with Crippen LogP contribution < -0.4 is 4.90 Å². The van der Waals surface area contributed by atoms with E-state index in [2.05, 4.69) is 20.9 Å². The Balaban J connectivity index is 2.21. The molecule has 0 saturated carbocycles. The minimum atomic E-state index is 0.103. The molecule has 0 aliphatic carbocycles. The predicted octanol–water partition coefficient (Wildman–Crippen LogP) is 2.44. The Kier molecular flexibility index (Phi) is 3.26. The molecule has 0 aromatic carbocycles. The quantitative estimate of drug-likeness (QED) is 0.784. The van der Waals surface area contributed by atoms with Crippen molar-refractivity contribution in [1.82, 2.24) is 4.98 Å². The molecule has 2 rings (SSSR count). The van der Waals surface area contributed by atoms with Crippen molar-refractivity contribution in [3.63, 3.8) is 0 Å². The monoisotopic (exact) mass is 288 g/mol. The number of pyridine rings is 1. The lowest BCUT2D eigenvalue weighted by atomic mass is 10.1. The minimum absolute atomic E-state index is 0.103. The van der Waals surface area contributed by atoms with Crippen molar-refractivity contribution in [2.24, 2.45) is 5.92 Å². The normalized spacial score (nSPS) is 21.1. The van der Waals surface area contributed by atoms with E-state index in [4.69, 9.17) is 11.6 Å². The maximum Gasteiger partial charge on any atom is 0.228 e. The van der Waals surface area contributed by atoms with Crippen molar-refractivity contribution in [3.05, 3.63) is 22.8 Å². The van der Waals surface area contributed by atoms with Crippen LogP contribution in [0.2, 0.25) is 0 Å². The SMILES string of the molecule is O=C1CC(CCl)CN1c1cc(Br)ccn1. The molecule has 1 atom stereocenters.